The Morgan fingerprint density at radius 3 is 2.82 bits per heavy atom. The van der Waals surface area contributed by atoms with Gasteiger partial charge in [-0.05, 0) is 34.1 Å². The number of nitrogens with zero attached hydrogens (tertiary/aromatic N) is 1. The molecule has 2 rings (SSSR count). The summed E-state index contributed by atoms with van der Waals surface area (Å²) < 4.78 is 11.4. The van der Waals surface area contributed by atoms with Crippen molar-refractivity contribution >= 4 is 21.9 Å². The molecule has 0 saturated heterocycles. The Hall–Kier alpha value is -1.49. The van der Waals surface area contributed by atoms with Gasteiger partial charge in [-0.15, -0.1) is 0 Å². The SMILES string of the molecule is CCc1oc(N)nc1-c1ccc(OC)c(Br)c1. The van der Waals surface area contributed by atoms with Crippen molar-refractivity contribution in [3.8, 4) is 17.0 Å². The highest BCUT2D eigenvalue weighted by molar-refractivity contribution is 9.10. The lowest BCUT2D eigenvalue weighted by molar-refractivity contribution is 0.412. The van der Waals surface area contributed by atoms with Gasteiger partial charge in [-0.2, -0.15) is 4.98 Å². The van der Waals surface area contributed by atoms with Gasteiger partial charge in [0.05, 0.1) is 11.6 Å². The van der Waals surface area contributed by atoms with E-state index in [2.05, 4.69) is 20.9 Å². The van der Waals surface area contributed by atoms with Crippen LogP contribution in [0.15, 0.2) is 27.1 Å². The molecule has 0 bridgehead atoms. The Bertz CT molecular complexity index is 537. The van der Waals surface area contributed by atoms with Crippen LogP contribution in [0.3, 0.4) is 0 Å². The van der Waals surface area contributed by atoms with Crippen molar-refractivity contribution in [2.45, 2.75) is 13.3 Å². The topological polar surface area (TPSA) is 61.3 Å². The van der Waals surface area contributed by atoms with Gasteiger partial charge in [0.2, 0.25) is 0 Å². The third-order valence-corrected chi connectivity index (χ3v) is 3.08. The number of methoxy groups -OCH3 is 1. The van der Waals surface area contributed by atoms with E-state index in [-0.39, 0.29) is 6.01 Å². The molecule has 0 aliphatic rings. The minimum Gasteiger partial charge on any atom is -0.496 e. The first-order valence-corrected chi connectivity index (χ1v) is 6.04. The Labute approximate surface area is 108 Å². The highest BCUT2D eigenvalue weighted by atomic mass is 79.9. The minimum atomic E-state index is 0.198. The predicted molar refractivity (Wildman–Crippen MR) is 70.0 cm³/mol. The van der Waals surface area contributed by atoms with Gasteiger partial charge in [0.25, 0.3) is 6.01 Å². The lowest BCUT2D eigenvalue weighted by atomic mass is 10.1. The van der Waals surface area contributed by atoms with E-state index in [0.29, 0.717) is 0 Å². The minimum absolute atomic E-state index is 0.198. The van der Waals surface area contributed by atoms with Crippen LogP contribution in [-0.2, 0) is 6.42 Å². The zero-order valence-corrected chi connectivity index (χ0v) is 11.2. The van der Waals surface area contributed by atoms with Crippen LogP contribution in [-0.4, -0.2) is 12.1 Å². The number of anilines is 1. The summed E-state index contributed by atoms with van der Waals surface area (Å²) in [6.45, 7) is 2.00. The summed E-state index contributed by atoms with van der Waals surface area (Å²) in [5.41, 5.74) is 7.31. The molecule has 5 heteroatoms. The second-order valence-corrected chi connectivity index (χ2v) is 4.38. The summed E-state index contributed by atoms with van der Waals surface area (Å²) in [4.78, 5) is 4.20. The first-order chi connectivity index (χ1) is 8.15. The molecule has 4 nitrogen and oxygen atoms in total. The first-order valence-electron chi connectivity index (χ1n) is 5.24. The second kappa shape index (κ2) is 4.79. The second-order valence-electron chi connectivity index (χ2n) is 3.53. The molecule has 0 aliphatic carbocycles. The fourth-order valence-electron chi connectivity index (χ4n) is 1.65. The number of rotatable bonds is 3. The van der Waals surface area contributed by atoms with E-state index in [9.17, 15) is 0 Å². The molecule has 17 heavy (non-hydrogen) atoms. The van der Waals surface area contributed by atoms with Gasteiger partial charge < -0.3 is 14.9 Å². The van der Waals surface area contributed by atoms with E-state index in [0.717, 1.165) is 33.7 Å². The third kappa shape index (κ3) is 2.29. The van der Waals surface area contributed by atoms with Crippen LogP contribution in [0.1, 0.15) is 12.7 Å². The van der Waals surface area contributed by atoms with E-state index in [1.165, 1.54) is 0 Å². The number of halogens is 1. The molecular formula is C12H13BrN2O2. The van der Waals surface area contributed by atoms with Crippen molar-refractivity contribution in [1.82, 2.24) is 4.98 Å². The van der Waals surface area contributed by atoms with Crippen LogP contribution in [0, 0.1) is 0 Å². The number of hydrogen-bond donors (Lipinski definition) is 1. The highest BCUT2D eigenvalue weighted by Gasteiger charge is 2.13. The fraction of sp³-hybridized carbons (Fsp3) is 0.250. The Balaban J connectivity index is 2.49. The van der Waals surface area contributed by atoms with E-state index >= 15 is 0 Å². The normalized spacial score (nSPS) is 10.5. The maximum absolute atomic E-state index is 5.57. The quantitative estimate of drug-likeness (QED) is 0.944. The predicted octanol–water partition coefficient (Wildman–Crippen LogP) is 3.26. The van der Waals surface area contributed by atoms with Crippen molar-refractivity contribution in [3.63, 3.8) is 0 Å². The maximum Gasteiger partial charge on any atom is 0.292 e. The van der Waals surface area contributed by atoms with Crippen molar-refractivity contribution in [3.05, 3.63) is 28.4 Å². The molecule has 1 heterocycles. The van der Waals surface area contributed by atoms with Gasteiger partial charge in [0.1, 0.15) is 17.2 Å². The van der Waals surface area contributed by atoms with E-state index in [4.69, 9.17) is 14.9 Å². The van der Waals surface area contributed by atoms with Crippen molar-refractivity contribution in [1.29, 1.82) is 0 Å². The Morgan fingerprint density at radius 1 is 1.47 bits per heavy atom. The third-order valence-electron chi connectivity index (χ3n) is 2.46. The molecule has 1 aromatic heterocycles. The van der Waals surface area contributed by atoms with E-state index in [1.807, 2.05) is 25.1 Å². The number of benzene rings is 1. The van der Waals surface area contributed by atoms with Crippen molar-refractivity contribution in [2.24, 2.45) is 0 Å². The van der Waals surface area contributed by atoms with Gasteiger partial charge in [0, 0.05) is 12.0 Å². The van der Waals surface area contributed by atoms with Gasteiger partial charge in [-0.3, -0.25) is 0 Å². The van der Waals surface area contributed by atoms with Gasteiger partial charge in [-0.25, -0.2) is 0 Å². The monoisotopic (exact) mass is 296 g/mol. The highest BCUT2D eigenvalue weighted by Crippen LogP contribution is 2.32. The first kappa shape index (κ1) is 12.0. The van der Waals surface area contributed by atoms with Crippen LogP contribution in [0.25, 0.3) is 11.3 Å². The van der Waals surface area contributed by atoms with Gasteiger partial charge in [-0.1, -0.05) is 6.92 Å². The van der Waals surface area contributed by atoms with Crippen LogP contribution in [0.4, 0.5) is 6.01 Å². The fourth-order valence-corrected chi connectivity index (χ4v) is 2.19. The average Bonchev–Trinajstić information content (AvgIpc) is 2.70. The lowest BCUT2D eigenvalue weighted by Crippen LogP contribution is -1.88. The molecule has 0 saturated carbocycles. The molecular weight excluding hydrogens is 284 g/mol. The summed E-state index contributed by atoms with van der Waals surface area (Å²) in [7, 11) is 1.63. The number of nitrogen functional groups attached to an aromatic ring is 1. The number of aromatic nitrogens is 1. The molecule has 0 spiro atoms. The summed E-state index contributed by atoms with van der Waals surface area (Å²) >= 11 is 3.44. The molecule has 2 N–H and O–H groups in total. The summed E-state index contributed by atoms with van der Waals surface area (Å²) in [5.74, 6) is 1.57. The average molecular weight is 297 g/mol. The molecule has 90 valence electrons. The van der Waals surface area contributed by atoms with Crippen molar-refractivity contribution in [2.75, 3.05) is 12.8 Å². The zero-order chi connectivity index (χ0) is 12.4. The molecule has 2 aromatic rings. The van der Waals surface area contributed by atoms with Crippen LogP contribution >= 0.6 is 15.9 Å². The zero-order valence-electron chi connectivity index (χ0n) is 9.66. The van der Waals surface area contributed by atoms with Gasteiger partial charge in [0.15, 0.2) is 0 Å². The molecule has 0 amide bonds. The van der Waals surface area contributed by atoms with Crippen molar-refractivity contribution < 1.29 is 9.15 Å². The molecule has 1 aromatic carbocycles. The van der Waals surface area contributed by atoms with Crippen LogP contribution < -0.4 is 10.5 Å². The van der Waals surface area contributed by atoms with E-state index in [1.54, 1.807) is 7.11 Å². The molecule has 0 fully saturated rings. The Kier molecular flexibility index (Phi) is 3.38. The lowest BCUT2D eigenvalue weighted by Gasteiger charge is -2.05. The number of ether oxygens (including phenoxy) is 1. The number of nitrogens with two attached hydrogens (primary N) is 1. The Morgan fingerprint density at radius 2 is 2.24 bits per heavy atom. The number of aryl methyl sites for hydroxylation is 1. The molecule has 0 radical (unpaired) electrons. The standard InChI is InChI=1S/C12H13BrN2O2/c1-3-9-11(15-12(14)17-9)7-4-5-10(16-2)8(13)6-7/h4-6H,3H2,1-2H3,(H2,14,15). The molecule has 0 atom stereocenters. The number of hydrogen-bond acceptors (Lipinski definition) is 4. The largest absolute Gasteiger partial charge is 0.496 e. The van der Waals surface area contributed by atoms with Gasteiger partial charge >= 0.3 is 0 Å². The smallest absolute Gasteiger partial charge is 0.292 e. The number of oxazole rings is 1. The summed E-state index contributed by atoms with van der Waals surface area (Å²) in [6.07, 6.45) is 0.753. The van der Waals surface area contributed by atoms with Crippen LogP contribution in [0.5, 0.6) is 5.75 Å². The van der Waals surface area contributed by atoms with E-state index < -0.39 is 0 Å². The maximum atomic E-state index is 5.57. The summed E-state index contributed by atoms with van der Waals surface area (Å²) in [6, 6.07) is 5.95. The van der Waals surface area contributed by atoms with Crippen LogP contribution in [0.2, 0.25) is 0 Å². The summed E-state index contributed by atoms with van der Waals surface area (Å²) in [5, 5.41) is 0. The molecule has 0 unspecified atom stereocenters. The molecule has 0 aliphatic heterocycles.